The molecule has 0 saturated heterocycles. The minimum atomic E-state index is -0.664. The summed E-state index contributed by atoms with van der Waals surface area (Å²) in [7, 11) is 1.62. The molecule has 3 aromatic rings. The summed E-state index contributed by atoms with van der Waals surface area (Å²) in [6.07, 6.45) is 1.15. The molecule has 3 rings (SSSR count). The molecule has 1 N–H and O–H groups in total. The molecule has 0 spiro atoms. The van der Waals surface area contributed by atoms with Crippen LogP contribution in [-0.2, 0) is 6.54 Å². The van der Waals surface area contributed by atoms with Crippen LogP contribution in [0.1, 0.15) is 17.2 Å². The smallest absolute Gasteiger partial charge is 0.124 e. The normalized spacial score (nSPS) is 12.5. The van der Waals surface area contributed by atoms with Gasteiger partial charge in [-0.15, -0.1) is 0 Å². The fourth-order valence-corrected chi connectivity index (χ4v) is 2.55. The lowest BCUT2D eigenvalue weighted by Crippen LogP contribution is -2.11. The van der Waals surface area contributed by atoms with E-state index >= 15 is 0 Å². The third-order valence-corrected chi connectivity index (χ3v) is 3.64. The zero-order chi connectivity index (χ0) is 14.8. The van der Waals surface area contributed by atoms with Crippen LogP contribution in [0, 0.1) is 6.92 Å². The molecular formula is C17H18N2O2. The Morgan fingerprint density at radius 3 is 2.86 bits per heavy atom. The number of hydrogen-bond donors (Lipinski definition) is 1. The van der Waals surface area contributed by atoms with E-state index in [-0.39, 0.29) is 0 Å². The molecule has 0 bridgehead atoms. The summed E-state index contributed by atoms with van der Waals surface area (Å²) in [4.78, 5) is 0. The molecule has 4 nitrogen and oxygen atoms in total. The summed E-state index contributed by atoms with van der Waals surface area (Å²) in [6, 6.07) is 13.8. The van der Waals surface area contributed by atoms with Crippen LogP contribution in [-0.4, -0.2) is 22.0 Å². The molecule has 1 heterocycles. The molecule has 0 saturated carbocycles. The molecule has 0 aliphatic carbocycles. The number of benzene rings is 2. The maximum absolute atomic E-state index is 10.5. The Hall–Kier alpha value is -2.33. The van der Waals surface area contributed by atoms with Crippen LogP contribution in [0.4, 0.5) is 0 Å². The van der Waals surface area contributed by atoms with Crippen LogP contribution in [0.5, 0.6) is 5.75 Å². The first kappa shape index (κ1) is 13.6. The third kappa shape index (κ3) is 2.62. The zero-order valence-corrected chi connectivity index (χ0v) is 12.2. The molecule has 21 heavy (non-hydrogen) atoms. The first-order valence-corrected chi connectivity index (χ1v) is 6.92. The van der Waals surface area contributed by atoms with Gasteiger partial charge < -0.3 is 9.84 Å². The molecule has 4 heteroatoms. The summed E-state index contributed by atoms with van der Waals surface area (Å²) in [5.74, 6) is 0.699. The van der Waals surface area contributed by atoms with Crippen LogP contribution >= 0.6 is 0 Å². The van der Waals surface area contributed by atoms with Gasteiger partial charge in [-0.2, -0.15) is 5.10 Å². The van der Waals surface area contributed by atoms with Crippen molar-refractivity contribution in [1.29, 1.82) is 0 Å². The van der Waals surface area contributed by atoms with E-state index in [1.54, 1.807) is 7.11 Å². The molecule has 0 radical (unpaired) electrons. The second-order valence-electron chi connectivity index (χ2n) is 5.15. The summed E-state index contributed by atoms with van der Waals surface area (Å²) in [5, 5.41) is 16.0. The number of fused-ring (bicyclic) bond motifs is 1. The molecule has 2 aromatic carbocycles. The molecule has 0 aliphatic heterocycles. The number of ether oxygens (including phenoxy) is 1. The number of nitrogens with zero attached hydrogens (tertiary/aromatic N) is 2. The third-order valence-electron chi connectivity index (χ3n) is 3.64. The van der Waals surface area contributed by atoms with Gasteiger partial charge in [0, 0.05) is 10.9 Å². The van der Waals surface area contributed by atoms with Crippen molar-refractivity contribution in [2.75, 3.05) is 7.11 Å². The van der Waals surface area contributed by atoms with E-state index in [2.05, 4.69) is 5.10 Å². The van der Waals surface area contributed by atoms with Gasteiger partial charge in [-0.05, 0) is 25.1 Å². The SMILES string of the molecule is COc1ccc(C)cc1C(O)Cn1ncc2ccccc21. The van der Waals surface area contributed by atoms with Gasteiger partial charge in [0.1, 0.15) is 11.9 Å². The highest BCUT2D eigenvalue weighted by Crippen LogP contribution is 2.28. The molecular weight excluding hydrogens is 264 g/mol. The first-order chi connectivity index (χ1) is 10.2. The Labute approximate surface area is 123 Å². The standard InChI is InChI=1S/C17H18N2O2/c1-12-7-8-17(21-2)14(9-12)16(20)11-19-15-6-4-3-5-13(15)10-18-19/h3-10,16,20H,11H2,1-2H3. The van der Waals surface area contributed by atoms with Crippen molar-refractivity contribution in [3.8, 4) is 5.75 Å². The quantitative estimate of drug-likeness (QED) is 0.800. The second kappa shape index (κ2) is 5.58. The Morgan fingerprint density at radius 2 is 2.05 bits per heavy atom. The highest BCUT2D eigenvalue weighted by atomic mass is 16.5. The average Bonchev–Trinajstić information content (AvgIpc) is 2.90. The maximum Gasteiger partial charge on any atom is 0.124 e. The van der Waals surface area contributed by atoms with Crippen molar-refractivity contribution >= 4 is 10.9 Å². The Bertz CT molecular complexity index is 764. The number of methoxy groups -OCH3 is 1. The Kier molecular flexibility index (Phi) is 3.62. The zero-order valence-electron chi connectivity index (χ0n) is 12.2. The van der Waals surface area contributed by atoms with Gasteiger partial charge >= 0.3 is 0 Å². The topological polar surface area (TPSA) is 47.3 Å². The van der Waals surface area contributed by atoms with Crippen molar-refractivity contribution in [3.05, 3.63) is 59.8 Å². The number of hydrogen-bond acceptors (Lipinski definition) is 3. The van der Waals surface area contributed by atoms with E-state index < -0.39 is 6.10 Å². The van der Waals surface area contributed by atoms with Crippen LogP contribution < -0.4 is 4.74 Å². The maximum atomic E-state index is 10.5. The van der Waals surface area contributed by atoms with Crippen molar-refractivity contribution in [3.63, 3.8) is 0 Å². The van der Waals surface area contributed by atoms with Gasteiger partial charge in [0.25, 0.3) is 0 Å². The highest BCUT2D eigenvalue weighted by Gasteiger charge is 2.15. The van der Waals surface area contributed by atoms with Crippen LogP contribution in [0.15, 0.2) is 48.7 Å². The number of aliphatic hydroxyl groups is 1. The number of aryl methyl sites for hydroxylation is 1. The number of para-hydroxylation sites is 1. The fourth-order valence-electron chi connectivity index (χ4n) is 2.55. The van der Waals surface area contributed by atoms with Gasteiger partial charge in [0.15, 0.2) is 0 Å². The van der Waals surface area contributed by atoms with Crippen LogP contribution in [0.25, 0.3) is 10.9 Å². The molecule has 1 atom stereocenters. The van der Waals surface area contributed by atoms with Crippen molar-refractivity contribution in [2.45, 2.75) is 19.6 Å². The lowest BCUT2D eigenvalue weighted by atomic mass is 10.1. The van der Waals surface area contributed by atoms with E-state index in [0.29, 0.717) is 12.3 Å². The van der Waals surface area contributed by atoms with Crippen molar-refractivity contribution in [1.82, 2.24) is 9.78 Å². The van der Waals surface area contributed by atoms with Gasteiger partial charge in [-0.1, -0.05) is 29.8 Å². The number of rotatable bonds is 4. The van der Waals surface area contributed by atoms with E-state index in [9.17, 15) is 5.11 Å². The molecule has 1 unspecified atom stereocenters. The number of aromatic nitrogens is 2. The van der Waals surface area contributed by atoms with Gasteiger partial charge in [0.2, 0.25) is 0 Å². The lowest BCUT2D eigenvalue weighted by Gasteiger charge is -2.16. The van der Waals surface area contributed by atoms with Gasteiger partial charge in [-0.3, -0.25) is 4.68 Å². The largest absolute Gasteiger partial charge is 0.496 e. The molecule has 108 valence electrons. The summed E-state index contributed by atoms with van der Waals surface area (Å²) in [6.45, 7) is 2.40. The predicted molar refractivity (Wildman–Crippen MR) is 82.4 cm³/mol. The predicted octanol–water partition coefficient (Wildman–Crippen LogP) is 3.09. The van der Waals surface area contributed by atoms with E-state index in [1.165, 1.54) is 0 Å². The molecule has 0 amide bonds. The summed E-state index contributed by atoms with van der Waals surface area (Å²) >= 11 is 0. The van der Waals surface area contributed by atoms with Gasteiger partial charge in [-0.25, -0.2) is 0 Å². The van der Waals surface area contributed by atoms with Crippen molar-refractivity contribution < 1.29 is 9.84 Å². The van der Waals surface area contributed by atoms with E-state index in [1.807, 2.05) is 60.3 Å². The second-order valence-corrected chi connectivity index (χ2v) is 5.15. The minimum absolute atomic E-state index is 0.396. The monoisotopic (exact) mass is 282 g/mol. The minimum Gasteiger partial charge on any atom is -0.496 e. The van der Waals surface area contributed by atoms with E-state index in [0.717, 1.165) is 22.0 Å². The van der Waals surface area contributed by atoms with Gasteiger partial charge in [0.05, 0.1) is 25.4 Å². The first-order valence-electron chi connectivity index (χ1n) is 6.92. The molecule has 0 fully saturated rings. The molecule has 0 aliphatic rings. The Morgan fingerprint density at radius 1 is 1.24 bits per heavy atom. The summed E-state index contributed by atoms with van der Waals surface area (Å²) in [5.41, 5.74) is 2.90. The molecule has 1 aromatic heterocycles. The average molecular weight is 282 g/mol. The number of aliphatic hydroxyl groups excluding tert-OH is 1. The van der Waals surface area contributed by atoms with Crippen LogP contribution in [0.3, 0.4) is 0 Å². The van der Waals surface area contributed by atoms with Crippen LogP contribution in [0.2, 0.25) is 0 Å². The lowest BCUT2D eigenvalue weighted by molar-refractivity contribution is 0.149. The Balaban J connectivity index is 1.93. The summed E-state index contributed by atoms with van der Waals surface area (Å²) < 4.78 is 7.16. The highest BCUT2D eigenvalue weighted by molar-refractivity contribution is 5.78. The fraction of sp³-hybridized carbons (Fsp3) is 0.235. The van der Waals surface area contributed by atoms with Crippen molar-refractivity contribution in [2.24, 2.45) is 0 Å². The van der Waals surface area contributed by atoms with E-state index in [4.69, 9.17) is 4.74 Å².